The standard InChI is InChI=1S/C14H26N2O3/c1-3-12-9-16(7-8-19-12)10-14(15,11-5-6-11)13(17)18-4-2/h11-12H,3-10,15H2,1-2H3. The number of rotatable bonds is 6. The van der Waals surface area contributed by atoms with Crippen LogP contribution in [0, 0.1) is 5.92 Å². The van der Waals surface area contributed by atoms with Crippen molar-refractivity contribution in [2.75, 3.05) is 32.8 Å². The molecule has 2 fully saturated rings. The van der Waals surface area contributed by atoms with Gasteiger partial charge in [-0.1, -0.05) is 6.92 Å². The summed E-state index contributed by atoms with van der Waals surface area (Å²) in [6.07, 6.45) is 3.34. The first kappa shape index (κ1) is 14.8. The van der Waals surface area contributed by atoms with Gasteiger partial charge in [-0.3, -0.25) is 4.90 Å². The van der Waals surface area contributed by atoms with Crippen LogP contribution in [0.25, 0.3) is 0 Å². The molecule has 1 aliphatic heterocycles. The molecule has 5 nitrogen and oxygen atoms in total. The summed E-state index contributed by atoms with van der Waals surface area (Å²) < 4.78 is 10.8. The monoisotopic (exact) mass is 270 g/mol. The fourth-order valence-corrected chi connectivity index (χ4v) is 2.77. The zero-order chi connectivity index (χ0) is 13.9. The highest BCUT2D eigenvalue weighted by Gasteiger charge is 2.50. The van der Waals surface area contributed by atoms with Crippen LogP contribution in [0.1, 0.15) is 33.1 Å². The predicted octanol–water partition coefficient (Wildman–Crippen LogP) is 0.768. The summed E-state index contributed by atoms with van der Waals surface area (Å²) >= 11 is 0. The molecule has 1 saturated heterocycles. The van der Waals surface area contributed by atoms with Crippen LogP contribution < -0.4 is 5.73 Å². The molecular weight excluding hydrogens is 244 g/mol. The van der Waals surface area contributed by atoms with Crippen LogP contribution in [0.5, 0.6) is 0 Å². The molecule has 2 rings (SSSR count). The second kappa shape index (κ2) is 6.20. The second-order valence-corrected chi connectivity index (χ2v) is 5.67. The van der Waals surface area contributed by atoms with Gasteiger partial charge in [-0.05, 0) is 32.1 Å². The first-order valence-electron chi connectivity index (χ1n) is 7.40. The molecule has 2 aliphatic rings. The third-order valence-corrected chi connectivity index (χ3v) is 4.12. The summed E-state index contributed by atoms with van der Waals surface area (Å²) in [4.78, 5) is 14.4. The quantitative estimate of drug-likeness (QED) is 0.722. The summed E-state index contributed by atoms with van der Waals surface area (Å²) in [6, 6.07) is 0. The Hall–Kier alpha value is -0.650. The average molecular weight is 270 g/mol. The van der Waals surface area contributed by atoms with Gasteiger partial charge in [-0.15, -0.1) is 0 Å². The summed E-state index contributed by atoms with van der Waals surface area (Å²) in [5.41, 5.74) is 5.57. The van der Waals surface area contributed by atoms with Gasteiger partial charge in [0.2, 0.25) is 0 Å². The van der Waals surface area contributed by atoms with Gasteiger partial charge in [-0.25, -0.2) is 4.79 Å². The molecule has 1 saturated carbocycles. The Morgan fingerprint density at radius 3 is 2.79 bits per heavy atom. The number of hydrogen-bond acceptors (Lipinski definition) is 5. The van der Waals surface area contributed by atoms with Gasteiger partial charge < -0.3 is 15.2 Å². The van der Waals surface area contributed by atoms with Crippen molar-refractivity contribution in [2.24, 2.45) is 11.7 Å². The number of nitrogens with zero attached hydrogens (tertiary/aromatic N) is 1. The van der Waals surface area contributed by atoms with E-state index >= 15 is 0 Å². The highest BCUT2D eigenvalue weighted by molar-refractivity contribution is 5.82. The van der Waals surface area contributed by atoms with Gasteiger partial charge in [0.25, 0.3) is 0 Å². The molecule has 1 heterocycles. The fraction of sp³-hybridized carbons (Fsp3) is 0.929. The van der Waals surface area contributed by atoms with E-state index < -0.39 is 5.54 Å². The van der Waals surface area contributed by atoms with E-state index in [1.165, 1.54) is 0 Å². The lowest BCUT2D eigenvalue weighted by Gasteiger charge is -2.38. The number of hydrogen-bond donors (Lipinski definition) is 1. The summed E-state index contributed by atoms with van der Waals surface area (Å²) in [6.45, 7) is 7.37. The molecule has 5 heteroatoms. The zero-order valence-electron chi connectivity index (χ0n) is 12.1. The molecule has 1 aliphatic carbocycles. The van der Waals surface area contributed by atoms with E-state index in [0.717, 1.165) is 39.0 Å². The van der Waals surface area contributed by atoms with Gasteiger partial charge in [0.1, 0.15) is 5.54 Å². The molecule has 0 aromatic heterocycles. The Kier molecular flexibility index (Phi) is 4.81. The fourth-order valence-electron chi connectivity index (χ4n) is 2.77. The normalized spacial score (nSPS) is 27.8. The van der Waals surface area contributed by atoms with Gasteiger partial charge >= 0.3 is 5.97 Å². The smallest absolute Gasteiger partial charge is 0.327 e. The van der Waals surface area contributed by atoms with E-state index in [9.17, 15) is 4.79 Å². The first-order chi connectivity index (χ1) is 9.10. The highest BCUT2D eigenvalue weighted by Crippen LogP contribution is 2.39. The van der Waals surface area contributed by atoms with Crippen LogP contribution in [0.3, 0.4) is 0 Å². The molecule has 0 aromatic rings. The molecule has 110 valence electrons. The van der Waals surface area contributed by atoms with Crippen molar-refractivity contribution in [1.82, 2.24) is 4.90 Å². The minimum atomic E-state index is -0.828. The lowest BCUT2D eigenvalue weighted by Crippen LogP contribution is -2.60. The number of nitrogens with two attached hydrogens (primary N) is 1. The number of morpholine rings is 1. The molecule has 19 heavy (non-hydrogen) atoms. The van der Waals surface area contributed by atoms with E-state index in [-0.39, 0.29) is 18.0 Å². The molecule has 2 unspecified atom stereocenters. The van der Waals surface area contributed by atoms with Crippen molar-refractivity contribution in [3.63, 3.8) is 0 Å². The van der Waals surface area contributed by atoms with E-state index in [1.54, 1.807) is 0 Å². The van der Waals surface area contributed by atoms with Gasteiger partial charge in [-0.2, -0.15) is 0 Å². The maximum atomic E-state index is 12.2. The maximum Gasteiger partial charge on any atom is 0.327 e. The number of esters is 1. The van der Waals surface area contributed by atoms with Crippen molar-refractivity contribution in [1.29, 1.82) is 0 Å². The number of carbonyl (C=O) groups excluding carboxylic acids is 1. The van der Waals surface area contributed by atoms with E-state index in [1.807, 2.05) is 6.92 Å². The molecule has 0 aromatic carbocycles. The van der Waals surface area contributed by atoms with Crippen molar-refractivity contribution < 1.29 is 14.3 Å². The number of carbonyl (C=O) groups is 1. The second-order valence-electron chi connectivity index (χ2n) is 5.67. The lowest BCUT2D eigenvalue weighted by atomic mass is 9.93. The van der Waals surface area contributed by atoms with Crippen molar-refractivity contribution in [2.45, 2.75) is 44.8 Å². The molecule has 0 radical (unpaired) electrons. The lowest BCUT2D eigenvalue weighted by molar-refractivity contribution is -0.152. The Labute approximate surface area is 115 Å². The van der Waals surface area contributed by atoms with Crippen LogP contribution in [0.2, 0.25) is 0 Å². The van der Waals surface area contributed by atoms with Crippen molar-refractivity contribution >= 4 is 5.97 Å². The van der Waals surface area contributed by atoms with E-state index in [4.69, 9.17) is 15.2 Å². The van der Waals surface area contributed by atoms with E-state index in [2.05, 4.69) is 11.8 Å². The largest absolute Gasteiger partial charge is 0.465 e. The van der Waals surface area contributed by atoms with Gasteiger partial charge in [0.05, 0.1) is 19.3 Å². The maximum absolute atomic E-state index is 12.2. The Bertz CT molecular complexity index is 320. The molecule has 2 atom stereocenters. The summed E-state index contributed by atoms with van der Waals surface area (Å²) in [7, 11) is 0. The van der Waals surface area contributed by atoms with Crippen molar-refractivity contribution in [3.8, 4) is 0 Å². The van der Waals surface area contributed by atoms with Crippen LogP contribution in [-0.4, -0.2) is 55.4 Å². The molecule has 0 amide bonds. The summed E-state index contributed by atoms with van der Waals surface area (Å²) in [5, 5.41) is 0. The predicted molar refractivity (Wildman–Crippen MR) is 72.7 cm³/mol. The minimum Gasteiger partial charge on any atom is -0.465 e. The Morgan fingerprint density at radius 1 is 1.47 bits per heavy atom. The SMILES string of the molecule is CCOC(=O)C(N)(CN1CCOC(CC)C1)C1CC1. The van der Waals surface area contributed by atoms with Crippen LogP contribution >= 0.6 is 0 Å². The summed E-state index contributed by atoms with van der Waals surface area (Å²) in [5.74, 6) is 0.0477. The topological polar surface area (TPSA) is 64.8 Å². The molecular formula is C14H26N2O3. The Balaban J connectivity index is 1.98. The highest BCUT2D eigenvalue weighted by atomic mass is 16.5. The van der Waals surface area contributed by atoms with Crippen molar-refractivity contribution in [3.05, 3.63) is 0 Å². The van der Waals surface area contributed by atoms with Gasteiger partial charge in [0.15, 0.2) is 0 Å². The molecule has 2 N–H and O–H groups in total. The van der Waals surface area contributed by atoms with Gasteiger partial charge in [0, 0.05) is 19.6 Å². The van der Waals surface area contributed by atoms with Crippen LogP contribution in [-0.2, 0) is 14.3 Å². The molecule has 0 bridgehead atoms. The van der Waals surface area contributed by atoms with E-state index in [0.29, 0.717) is 13.2 Å². The third-order valence-electron chi connectivity index (χ3n) is 4.12. The molecule has 0 spiro atoms. The number of ether oxygens (including phenoxy) is 2. The first-order valence-corrected chi connectivity index (χ1v) is 7.40. The minimum absolute atomic E-state index is 0.239. The van der Waals surface area contributed by atoms with Crippen LogP contribution in [0.15, 0.2) is 0 Å². The Morgan fingerprint density at radius 2 is 2.21 bits per heavy atom. The average Bonchev–Trinajstić information content (AvgIpc) is 3.23. The zero-order valence-corrected chi connectivity index (χ0v) is 12.1. The third kappa shape index (κ3) is 3.46. The van der Waals surface area contributed by atoms with Crippen LogP contribution in [0.4, 0.5) is 0 Å².